The van der Waals surface area contributed by atoms with Crippen LogP contribution in [-0.4, -0.2) is 133 Å². The molecule has 2 radical (unpaired) electrons. The summed E-state index contributed by atoms with van der Waals surface area (Å²) in [4.78, 5) is 99.3. The van der Waals surface area contributed by atoms with Crippen molar-refractivity contribution in [1.82, 2.24) is 14.7 Å². The average molecular weight is 768 g/mol. The zero-order chi connectivity index (χ0) is 31.3. The van der Waals surface area contributed by atoms with E-state index in [1.165, 1.54) is 14.7 Å². The molecule has 0 spiro atoms. The van der Waals surface area contributed by atoms with Gasteiger partial charge in [0, 0.05) is 39.3 Å². The molecule has 0 N–H and O–H groups in total. The van der Waals surface area contributed by atoms with E-state index in [1.54, 1.807) is 41.5 Å². The number of nitrogens with zero attached hydrogens (tertiary/aromatic N) is 3. The predicted octanol–water partition coefficient (Wildman–Crippen LogP) is -4.69. The van der Waals surface area contributed by atoms with E-state index in [9.17, 15) is 58.5 Å². The zero-order valence-electron chi connectivity index (χ0n) is 23.6. The van der Waals surface area contributed by atoms with Crippen molar-refractivity contribution in [2.24, 2.45) is 0 Å². The number of carboxylic acids is 3. The Labute approximate surface area is 252 Å². The molecule has 0 atom stereocenters. The summed E-state index contributed by atoms with van der Waals surface area (Å²) in [6.07, 6.45) is -1.82. The standard InChI is InChI=1S/3C8H13NO4.Bi/c3*1-3-9(4-2)7(11)5-6(10)8(12)13;/h3*3-5H2,1-2H3,(H,12,13);/q;;;+3/p-3. The van der Waals surface area contributed by atoms with Gasteiger partial charge in [-0.05, 0) is 41.5 Å². The van der Waals surface area contributed by atoms with Crippen LogP contribution >= 0.6 is 0 Å². The Bertz CT molecular complexity index is 781. The first-order valence-electron chi connectivity index (χ1n) is 12.1. The Balaban J connectivity index is -0.000000240. The molecule has 15 nitrogen and oxygen atoms in total. The quantitative estimate of drug-likeness (QED) is 0.0870. The van der Waals surface area contributed by atoms with Gasteiger partial charge >= 0.3 is 26.2 Å². The number of carboxylic acid groups (broad SMARTS) is 3. The fourth-order valence-electron chi connectivity index (χ4n) is 2.69. The maximum absolute atomic E-state index is 11.1. The maximum atomic E-state index is 11.1. The molecule has 0 saturated heterocycles. The van der Waals surface area contributed by atoms with Crippen LogP contribution in [0, 0.1) is 0 Å². The number of aliphatic carboxylic acids is 3. The first kappa shape index (κ1) is 43.8. The third-order valence-electron chi connectivity index (χ3n) is 4.97. The molecule has 0 rings (SSSR count). The van der Waals surface area contributed by atoms with Gasteiger partial charge in [-0.25, -0.2) is 0 Å². The van der Waals surface area contributed by atoms with Crippen molar-refractivity contribution in [3.05, 3.63) is 0 Å². The minimum atomic E-state index is -1.81. The Kier molecular flexibility index (Phi) is 27.1. The van der Waals surface area contributed by atoms with E-state index in [0.29, 0.717) is 39.3 Å². The van der Waals surface area contributed by atoms with E-state index in [1.807, 2.05) is 0 Å². The molecule has 0 fully saturated rings. The number of rotatable bonds is 15. The van der Waals surface area contributed by atoms with Gasteiger partial charge in [0.15, 0.2) is 17.3 Å². The van der Waals surface area contributed by atoms with Crippen LogP contribution in [0.4, 0.5) is 0 Å². The monoisotopic (exact) mass is 767 g/mol. The van der Waals surface area contributed by atoms with Gasteiger partial charge in [-0.2, -0.15) is 0 Å². The van der Waals surface area contributed by atoms with E-state index >= 15 is 0 Å². The summed E-state index contributed by atoms with van der Waals surface area (Å²) in [7, 11) is 0. The molecule has 0 heterocycles. The van der Waals surface area contributed by atoms with E-state index in [4.69, 9.17) is 0 Å². The molecule has 0 unspecified atom stereocenters. The van der Waals surface area contributed by atoms with Gasteiger partial charge in [-0.1, -0.05) is 0 Å². The molecular formula is C24H36BiN3O12. The van der Waals surface area contributed by atoms with Gasteiger partial charge in [-0.3, -0.25) is 28.8 Å². The molecule has 224 valence electrons. The van der Waals surface area contributed by atoms with Crippen molar-refractivity contribution < 1.29 is 58.5 Å². The van der Waals surface area contributed by atoms with E-state index in [0.717, 1.165) is 0 Å². The summed E-state index contributed by atoms with van der Waals surface area (Å²) in [5.74, 6) is -10.3. The average Bonchev–Trinajstić information content (AvgIpc) is 2.86. The fraction of sp³-hybridized carbons (Fsp3) is 0.625. The Hall–Kier alpha value is -3.29. The third-order valence-corrected chi connectivity index (χ3v) is 4.97. The van der Waals surface area contributed by atoms with Crippen LogP contribution in [0.25, 0.3) is 0 Å². The molecule has 0 aliphatic rings. The molecule has 3 amide bonds. The van der Waals surface area contributed by atoms with Gasteiger partial charge in [0.1, 0.15) is 17.9 Å². The maximum Gasteiger partial charge on any atom is 3.00 e. The summed E-state index contributed by atoms with van der Waals surface area (Å²) < 4.78 is 0. The van der Waals surface area contributed by atoms with Gasteiger partial charge in [-0.15, -0.1) is 0 Å². The predicted molar refractivity (Wildman–Crippen MR) is 133 cm³/mol. The van der Waals surface area contributed by atoms with Crippen molar-refractivity contribution in [3.8, 4) is 0 Å². The number of hydrogen-bond acceptors (Lipinski definition) is 12. The first-order valence-corrected chi connectivity index (χ1v) is 12.1. The molecule has 0 aromatic rings. The number of carbonyl (C=O) groups excluding carboxylic acids is 9. The van der Waals surface area contributed by atoms with Crippen molar-refractivity contribution >= 4 is 79.2 Å². The van der Waals surface area contributed by atoms with Crippen LogP contribution in [0.3, 0.4) is 0 Å². The Morgan fingerprint density at radius 1 is 0.400 bits per heavy atom. The van der Waals surface area contributed by atoms with E-state index < -0.39 is 72.2 Å². The number of carbonyl (C=O) groups is 9. The van der Waals surface area contributed by atoms with Crippen molar-refractivity contribution in [2.45, 2.75) is 60.8 Å². The largest absolute Gasteiger partial charge is 3.00 e. The van der Waals surface area contributed by atoms with Gasteiger partial charge in [0.2, 0.25) is 17.7 Å². The number of amides is 3. The number of Topliss-reactive ketones (excluding diaryl/α,β-unsaturated/α-hetero) is 3. The second-order valence-corrected chi connectivity index (χ2v) is 7.36. The van der Waals surface area contributed by atoms with E-state index in [2.05, 4.69) is 0 Å². The normalized spacial score (nSPS) is 9.15. The number of ketones is 3. The van der Waals surface area contributed by atoms with Crippen molar-refractivity contribution in [1.29, 1.82) is 0 Å². The fourth-order valence-corrected chi connectivity index (χ4v) is 2.69. The van der Waals surface area contributed by atoms with Crippen LogP contribution < -0.4 is 15.3 Å². The minimum Gasteiger partial charge on any atom is -0.542 e. The Morgan fingerprint density at radius 3 is 0.650 bits per heavy atom. The van der Waals surface area contributed by atoms with Crippen LogP contribution in [0.15, 0.2) is 0 Å². The number of hydrogen-bond donors (Lipinski definition) is 0. The summed E-state index contributed by atoms with van der Waals surface area (Å²) in [5.41, 5.74) is 0. The summed E-state index contributed by atoms with van der Waals surface area (Å²) >= 11 is 0. The SMILES string of the molecule is CCN(CC)C(=O)CC(=O)C(=O)[O-].CCN(CC)C(=O)CC(=O)C(=O)[O-].CCN(CC)C(=O)CC(=O)C(=O)[O-].[Bi+3]. The van der Waals surface area contributed by atoms with Gasteiger partial charge in [0.05, 0.1) is 19.3 Å². The van der Waals surface area contributed by atoms with Gasteiger partial charge in [0.25, 0.3) is 0 Å². The second kappa shape index (κ2) is 24.7. The molecule has 0 bridgehead atoms. The molecule has 16 heteroatoms. The molecule has 0 aromatic heterocycles. The van der Waals surface area contributed by atoms with Crippen LogP contribution in [-0.2, 0) is 43.2 Å². The molecule has 40 heavy (non-hydrogen) atoms. The zero-order valence-corrected chi connectivity index (χ0v) is 27.0. The second-order valence-electron chi connectivity index (χ2n) is 7.36. The van der Waals surface area contributed by atoms with E-state index in [-0.39, 0.29) is 26.2 Å². The molecule has 0 aromatic carbocycles. The van der Waals surface area contributed by atoms with Crippen molar-refractivity contribution in [2.75, 3.05) is 39.3 Å². The third kappa shape index (κ3) is 19.7. The summed E-state index contributed by atoms with van der Waals surface area (Å²) in [6.45, 7) is 13.3. The smallest absolute Gasteiger partial charge is 0.542 e. The molecule has 0 aliphatic heterocycles. The van der Waals surface area contributed by atoms with Gasteiger partial charge < -0.3 is 44.4 Å². The van der Waals surface area contributed by atoms with Crippen molar-refractivity contribution in [3.63, 3.8) is 0 Å². The molecular weight excluding hydrogens is 731 g/mol. The molecule has 0 saturated carbocycles. The van der Waals surface area contributed by atoms with Crippen LogP contribution in [0.2, 0.25) is 0 Å². The molecule has 0 aliphatic carbocycles. The summed E-state index contributed by atoms with van der Waals surface area (Å²) in [5, 5.41) is 30.0. The topological polar surface area (TPSA) is 233 Å². The van der Waals surface area contributed by atoms with Crippen LogP contribution in [0.1, 0.15) is 60.8 Å². The summed E-state index contributed by atoms with van der Waals surface area (Å²) in [6, 6.07) is 0. The Morgan fingerprint density at radius 2 is 0.550 bits per heavy atom. The first-order chi connectivity index (χ1) is 18.1. The van der Waals surface area contributed by atoms with Crippen LogP contribution in [0.5, 0.6) is 0 Å². The minimum absolute atomic E-state index is 0.